The molecule has 0 aromatic carbocycles. The Labute approximate surface area is 84.7 Å². The van der Waals surface area contributed by atoms with Gasteiger partial charge in [0.2, 0.25) is 0 Å². The average molecular weight is 194 g/mol. The van der Waals surface area contributed by atoms with Crippen molar-refractivity contribution in [2.45, 2.75) is 25.4 Å². The molecule has 4 heteroatoms. The quantitative estimate of drug-likeness (QED) is 0.756. The maximum Gasteiger partial charge on any atom is 0.0658 e. The first-order valence-electron chi connectivity index (χ1n) is 5.15. The van der Waals surface area contributed by atoms with Crippen molar-refractivity contribution in [3.05, 3.63) is 18.0 Å². The van der Waals surface area contributed by atoms with Crippen molar-refractivity contribution in [3.63, 3.8) is 0 Å². The summed E-state index contributed by atoms with van der Waals surface area (Å²) in [5, 5.41) is 4.36. The van der Waals surface area contributed by atoms with Crippen LogP contribution >= 0.6 is 0 Å². The van der Waals surface area contributed by atoms with Crippen LogP contribution in [0.2, 0.25) is 0 Å². The minimum Gasteiger partial charge on any atom is -0.324 e. The Morgan fingerprint density at radius 1 is 1.64 bits per heavy atom. The highest BCUT2D eigenvalue weighted by atomic mass is 15.3. The van der Waals surface area contributed by atoms with Gasteiger partial charge in [0.1, 0.15) is 0 Å². The summed E-state index contributed by atoms with van der Waals surface area (Å²) in [6.45, 7) is 4.25. The molecule has 0 bridgehead atoms. The predicted molar refractivity (Wildman–Crippen MR) is 56.0 cm³/mol. The van der Waals surface area contributed by atoms with Crippen LogP contribution in [0.15, 0.2) is 12.4 Å². The second-order valence-electron chi connectivity index (χ2n) is 4.25. The minimum atomic E-state index is 0.0860. The number of nitrogens with zero attached hydrogens (tertiary/aromatic N) is 3. The van der Waals surface area contributed by atoms with Crippen molar-refractivity contribution in [1.82, 2.24) is 14.7 Å². The second kappa shape index (κ2) is 3.71. The third kappa shape index (κ3) is 1.81. The Morgan fingerprint density at radius 3 is 2.93 bits per heavy atom. The maximum atomic E-state index is 5.79. The molecule has 0 amide bonds. The highest BCUT2D eigenvalue weighted by Gasteiger charge is 2.21. The highest BCUT2D eigenvalue weighted by Crippen LogP contribution is 2.20. The summed E-state index contributed by atoms with van der Waals surface area (Å²) in [5.74, 6) is 0. The van der Waals surface area contributed by atoms with Gasteiger partial charge >= 0.3 is 0 Å². The molecule has 0 radical (unpaired) electrons. The normalized spacial score (nSPS) is 25.5. The maximum absolute atomic E-state index is 5.79. The van der Waals surface area contributed by atoms with E-state index in [4.69, 9.17) is 5.73 Å². The van der Waals surface area contributed by atoms with Gasteiger partial charge in [-0.25, -0.2) is 0 Å². The van der Waals surface area contributed by atoms with Crippen LogP contribution in [0.4, 0.5) is 0 Å². The lowest BCUT2D eigenvalue weighted by Crippen LogP contribution is -2.16. The molecule has 0 saturated carbocycles. The standard InChI is InChI=1S/C10H18N4/c1-8(11)9-5-12-14(6-9)10-3-4-13(2)7-10/h5-6,8,10H,3-4,7,11H2,1-2H3. The van der Waals surface area contributed by atoms with Gasteiger partial charge in [-0.1, -0.05) is 0 Å². The van der Waals surface area contributed by atoms with E-state index in [1.165, 1.54) is 6.42 Å². The largest absolute Gasteiger partial charge is 0.324 e. The number of hydrogen-bond acceptors (Lipinski definition) is 3. The summed E-state index contributed by atoms with van der Waals surface area (Å²) in [6, 6.07) is 0.621. The molecule has 4 nitrogen and oxygen atoms in total. The van der Waals surface area contributed by atoms with Crippen LogP contribution in [-0.4, -0.2) is 34.8 Å². The van der Waals surface area contributed by atoms with E-state index in [0.29, 0.717) is 6.04 Å². The predicted octanol–water partition coefficient (Wildman–Crippen LogP) is 0.779. The molecule has 0 spiro atoms. The Morgan fingerprint density at radius 2 is 2.43 bits per heavy atom. The van der Waals surface area contributed by atoms with Crippen LogP contribution in [0.1, 0.15) is 31.0 Å². The van der Waals surface area contributed by atoms with E-state index in [-0.39, 0.29) is 6.04 Å². The lowest BCUT2D eigenvalue weighted by atomic mass is 10.2. The number of likely N-dealkylation sites (N-methyl/N-ethyl adjacent to an activating group) is 1. The Bertz CT molecular complexity index is 305. The molecule has 2 heterocycles. The Kier molecular flexibility index (Phi) is 2.56. The molecule has 2 atom stereocenters. The van der Waals surface area contributed by atoms with E-state index < -0.39 is 0 Å². The van der Waals surface area contributed by atoms with Crippen molar-refractivity contribution >= 4 is 0 Å². The molecule has 1 aromatic rings. The third-order valence-electron chi connectivity index (χ3n) is 2.89. The van der Waals surface area contributed by atoms with E-state index in [1.54, 1.807) is 0 Å². The van der Waals surface area contributed by atoms with Gasteiger partial charge in [0.25, 0.3) is 0 Å². The average Bonchev–Trinajstić information content (AvgIpc) is 2.70. The number of rotatable bonds is 2. The molecule has 2 rings (SSSR count). The van der Waals surface area contributed by atoms with Gasteiger partial charge in [-0.2, -0.15) is 5.10 Å². The van der Waals surface area contributed by atoms with Gasteiger partial charge in [0, 0.05) is 24.3 Å². The minimum absolute atomic E-state index is 0.0860. The molecule has 1 aliphatic heterocycles. The first-order valence-corrected chi connectivity index (χ1v) is 5.15. The van der Waals surface area contributed by atoms with Crippen molar-refractivity contribution in [2.75, 3.05) is 20.1 Å². The van der Waals surface area contributed by atoms with Crippen LogP contribution in [0.5, 0.6) is 0 Å². The lowest BCUT2D eigenvalue weighted by Gasteiger charge is -2.10. The first-order chi connectivity index (χ1) is 6.66. The van der Waals surface area contributed by atoms with Gasteiger partial charge in [-0.05, 0) is 26.9 Å². The van der Waals surface area contributed by atoms with E-state index in [1.807, 2.05) is 13.1 Å². The molecule has 1 aromatic heterocycles. The molecule has 1 aliphatic rings. The van der Waals surface area contributed by atoms with Gasteiger partial charge in [0.15, 0.2) is 0 Å². The summed E-state index contributed by atoms with van der Waals surface area (Å²) in [6.07, 6.45) is 5.15. The smallest absolute Gasteiger partial charge is 0.0658 e. The summed E-state index contributed by atoms with van der Waals surface area (Å²) in [7, 11) is 2.15. The summed E-state index contributed by atoms with van der Waals surface area (Å²) >= 11 is 0. The Hall–Kier alpha value is -0.870. The van der Waals surface area contributed by atoms with Crippen LogP contribution in [0.25, 0.3) is 0 Å². The third-order valence-corrected chi connectivity index (χ3v) is 2.89. The van der Waals surface area contributed by atoms with E-state index in [0.717, 1.165) is 18.7 Å². The SMILES string of the molecule is CC(N)c1cnn(C2CCN(C)C2)c1. The molecule has 1 saturated heterocycles. The fourth-order valence-corrected chi connectivity index (χ4v) is 1.92. The molecule has 78 valence electrons. The van der Waals surface area contributed by atoms with Crippen LogP contribution < -0.4 is 5.73 Å². The van der Waals surface area contributed by atoms with E-state index in [2.05, 4.69) is 27.9 Å². The lowest BCUT2D eigenvalue weighted by molar-refractivity contribution is 0.382. The first kappa shape index (κ1) is 9.68. The van der Waals surface area contributed by atoms with Gasteiger partial charge in [-0.15, -0.1) is 0 Å². The fourth-order valence-electron chi connectivity index (χ4n) is 1.92. The molecule has 1 fully saturated rings. The molecule has 2 unspecified atom stereocenters. The zero-order valence-electron chi connectivity index (χ0n) is 8.85. The van der Waals surface area contributed by atoms with Gasteiger partial charge in [0.05, 0.1) is 12.2 Å². The van der Waals surface area contributed by atoms with Gasteiger partial charge < -0.3 is 10.6 Å². The van der Waals surface area contributed by atoms with Crippen molar-refractivity contribution in [3.8, 4) is 0 Å². The topological polar surface area (TPSA) is 47.1 Å². The van der Waals surface area contributed by atoms with Crippen LogP contribution in [0.3, 0.4) is 0 Å². The zero-order chi connectivity index (χ0) is 10.1. The summed E-state index contributed by atoms with van der Waals surface area (Å²) in [4.78, 5) is 2.33. The molecule has 2 N–H and O–H groups in total. The molecule has 0 aliphatic carbocycles. The van der Waals surface area contributed by atoms with Crippen LogP contribution in [-0.2, 0) is 0 Å². The van der Waals surface area contributed by atoms with E-state index in [9.17, 15) is 0 Å². The number of likely N-dealkylation sites (tertiary alicyclic amines) is 1. The number of hydrogen-bond donors (Lipinski definition) is 1. The monoisotopic (exact) mass is 194 g/mol. The highest BCUT2D eigenvalue weighted by molar-refractivity contribution is 5.09. The molecular formula is C10H18N4. The van der Waals surface area contributed by atoms with Crippen molar-refractivity contribution in [1.29, 1.82) is 0 Å². The molecule has 14 heavy (non-hydrogen) atoms. The second-order valence-corrected chi connectivity index (χ2v) is 4.25. The summed E-state index contributed by atoms with van der Waals surface area (Å²) < 4.78 is 2.06. The van der Waals surface area contributed by atoms with Crippen molar-refractivity contribution < 1.29 is 0 Å². The number of nitrogens with two attached hydrogens (primary N) is 1. The Balaban J connectivity index is 2.09. The van der Waals surface area contributed by atoms with Gasteiger partial charge in [-0.3, -0.25) is 4.68 Å². The van der Waals surface area contributed by atoms with E-state index >= 15 is 0 Å². The number of aromatic nitrogens is 2. The zero-order valence-corrected chi connectivity index (χ0v) is 8.85. The fraction of sp³-hybridized carbons (Fsp3) is 0.700. The molecular weight excluding hydrogens is 176 g/mol. The van der Waals surface area contributed by atoms with Crippen LogP contribution in [0, 0.1) is 0 Å². The summed E-state index contributed by atoms with van der Waals surface area (Å²) in [5.41, 5.74) is 6.91. The van der Waals surface area contributed by atoms with Crippen molar-refractivity contribution in [2.24, 2.45) is 5.73 Å².